The van der Waals surface area contributed by atoms with Crippen LogP contribution in [0, 0.1) is 0 Å². The highest BCUT2D eigenvalue weighted by Crippen LogP contribution is 2.23. The summed E-state index contributed by atoms with van der Waals surface area (Å²) in [6, 6.07) is -0.716. The minimum atomic E-state index is -1.55. The number of allylic oxidation sites excluding steroid dienone is 10. The average Bonchev–Trinajstić information content (AvgIpc) is 3.36. The number of unbranched alkanes of at least 4 members (excludes halogenated alkanes) is 30. The molecule has 70 heavy (non-hydrogen) atoms. The molecule has 7 unspecified atom stereocenters. The molecule has 0 saturated carbocycles. The maximum Gasteiger partial charge on any atom is 0.220 e. The van der Waals surface area contributed by atoms with E-state index in [1.807, 2.05) is 0 Å². The Bertz CT molecular complexity index is 1280. The molecular weight excluding hydrogens is 875 g/mol. The predicted octanol–water partition coefficient (Wildman–Crippen LogP) is 14.7. The maximum absolute atomic E-state index is 13.0. The molecule has 0 bridgehead atoms. The monoisotopic (exact) mass is 986 g/mol. The summed E-state index contributed by atoms with van der Waals surface area (Å²) in [5.74, 6) is -0.143. The first-order chi connectivity index (χ1) is 34.3. The van der Waals surface area contributed by atoms with Gasteiger partial charge in [0.15, 0.2) is 6.29 Å². The van der Waals surface area contributed by atoms with Gasteiger partial charge in [-0.25, -0.2) is 0 Å². The van der Waals surface area contributed by atoms with E-state index in [2.05, 4.69) is 79.9 Å². The van der Waals surface area contributed by atoms with Crippen LogP contribution in [0.1, 0.15) is 264 Å². The average molecular weight is 987 g/mol. The van der Waals surface area contributed by atoms with E-state index >= 15 is 0 Å². The topological polar surface area (TPSA) is 149 Å². The summed E-state index contributed by atoms with van der Waals surface area (Å²) in [6.07, 6.45) is 61.4. The Morgan fingerprint density at radius 1 is 0.500 bits per heavy atom. The molecule has 1 saturated heterocycles. The van der Waals surface area contributed by atoms with Gasteiger partial charge in [-0.2, -0.15) is 0 Å². The van der Waals surface area contributed by atoms with Crippen molar-refractivity contribution in [2.75, 3.05) is 13.2 Å². The first-order valence-corrected chi connectivity index (χ1v) is 29.5. The smallest absolute Gasteiger partial charge is 0.220 e. The van der Waals surface area contributed by atoms with Crippen LogP contribution in [-0.4, -0.2) is 87.5 Å². The van der Waals surface area contributed by atoms with E-state index in [-0.39, 0.29) is 12.5 Å². The lowest BCUT2D eigenvalue weighted by Gasteiger charge is -2.40. The first kappa shape index (κ1) is 65.9. The number of ether oxygens (including phenoxy) is 2. The van der Waals surface area contributed by atoms with Gasteiger partial charge in [0, 0.05) is 6.42 Å². The summed E-state index contributed by atoms with van der Waals surface area (Å²) in [7, 11) is 0. The van der Waals surface area contributed by atoms with Crippen LogP contribution in [0.2, 0.25) is 0 Å². The zero-order valence-electron chi connectivity index (χ0n) is 45.3. The fourth-order valence-corrected chi connectivity index (χ4v) is 9.25. The number of amides is 1. The molecular formula is C61H111NO8. The van der Waals surface area contributed by atoms with Gasteiger partial charge >= 0.3 is 0 Å². The quantitative estimate of drug-likeness (QED) is 0.0261. The molecule has 0 radical (unpaired) electrons. The summed E-state index contributed by atoms with van der Waals surface area (Å²) in [5, 5.41) is 54.4. The summed E-state index contributed by atoms with van der Waals surface area (Å²) >= 11 is 0. The molecule has 1 rings (SSSR count). The van der Waals surface area contributed by atoms with E-state index < -0.39 is 49.5 Å². The molecule has 9 heteroatoms. The van der Waals surface area contributed by atoms with E-state index in [4.69, 9.17) is 9.47 Å². The Labute approximate surface area is 430 Å². The Balaban J connectivity index is 2.03. The molecule has 6 N–H and O–H groups in total. The molecule has 1 aliphatic rings. The Morgan fingerprint density at radius 2 is 0.886 bits per heavy atom. The minimum Gasteiger partial charge on any atom is -0.394 e. The molecule has 0 aliphatic carbocycles. The third kappa shape index (κ3) is 39.4. The molecule has 7 atom stereocenters. The maximum atomic E-state index is 13.0. The number of hydrogen-bond acceptors (Lipinski definition) is 8. The minimum absolute atomic E-state index is 0.136. The van der Waals surface area contributed by atoms with Crippen molar-refractivity contribution in [1.82, 2.24) is 5.32 Å². The third-order valence-electron chi connectivity index (χ3n) is 13.9. The second-order valence-corrected chi connectivity index (χ2v) is 20.4. The van der Waals surface area contributed by atoms with Crippen molar-refractivity contribution >= 4 is 5.91 Å². The van der Waals surface area contributed by atoms with Gasteiger partial charge in [-0.05, 0) is 57.8 Å². The van der Waals surface area contributed by atoms with Gasteiger partial charge < -0.3 is 40.3 Å². The highest BCUT2D eigenvalue weighted by atomic mass is 16.7. The first-order valence-electron chi connectivity index (χ1n) is 29.5. The van der Waals surface area contributed by atoms with Crippen molar-refractivity contribution < 1.29 is 39.8 Å². The molecule has 1 fully saturated rings. The highest BCUT2D eigenvalue weighted by Gasteiger charge is 2.44. The summed E-state index contributed by atoms with van der Waals surface area (Å²) in [5.41, 5.74) is 0. The molecule has 0 aromatic rings. The Morgan fingerprint density at radius 3 is 1.31 bits per heavy atom. The number of nitrogens with one attached hydrogen (secondary N) is 1. The standard InChI is InChI=1S/C61H111NO8/c1-3-5-7-9-11-13-15-16-17-18-19-20-21-22-23-24-25-26-27-28-29-30-31-32-33-34-35-36-37-38-39-40-41-43-45-47-49-51-57(65)62-54(53-69-61-60(68)59(67)58(66)56(52-63)70-61)55(64)50-48-46-44-42-14-12-10-8-6-4-2/h5,7,11,13,16-17,19-20,22-23,54-56,58-61,63-64,66-68H,3-4,6,8-10,12,14-15,18,21,24-53H2,1-2H3,(H,62,65)/b7-5-,13-11-,17-16-,20-19-,23-22-. The second kappa shape index (κ2) is 50.4. The Kier molecular flexibility index (Phi) is 47.5. The lowest BCUT2D eigenvalue weighted by atomic mass is 9.99. The van der Waals surface area contributed by atoms with Crippen LogP contribution in [0.4, 0.5) is 0 Å². The number of carbonyl (C=O) groups is 1. The molecule has 9 nitrogen and oxygen atoms in total. The van der Waals surface area contributed by atoms with Gasteiger partial charge in [-0.15, -0.1) is 0 Å². The Hall–Kier alpha value is -2.11. The largest absolute Gasteiger partial charge is 0.394 e. The van der Waals surface area contributed by atoms with E-state index in [1.165, 1.54) is 167 Å². The van der Waals surface area contributed by atoms with Crippen molar-refractivity contribution in [3.05, 3.63) is 60.8 Å². The van der Waals surface area contributed by atoms with Gasteiger partial charge in [0.2, 0.25) is 5.91 Å². The summed E-state index contributed by atoms with van der Waals surface area (Å²) < 4.78 is 11.3. The molecule has 1 amide bonds. The molecule has 1 aliphatic heterocycles. The number of aliphatic hydroxyl groups is 5. The number of carbonyl (C=O) groups excluding carboxylic acids is 1. The van der Waals surface area contributed by atoms with Crippen LogP contribution >= 0.6 is 0 Å². The summed E-state index contributed by atoms with van der Waals surface area (Å²) in [4.78, 5) is 13.0. The van der Waals surface area contributed by atoms with Crippen LogP contribution in [-0.2, 0) is 14.3 Å². The van der Waals surface area contributed by atoms with Gasteiger partial charge in [-0.3, -0.25) is 4.79 Å². The second-order valence-electron chi connectivity index (χ2n) is 20.4. The number of aliphatic hydroxyl groups excluding tert-OH is 5. The van der Waals surface area contributed by atoms with Crippen molar-refractivity contribution in [1.29, 1.82) is 0 Å². The van der Waals surface area contributed by atoms with Gasteiger partial charge in [0.1, 0.15) is 24.4 Å². The fourth-order valence-electron chi connectivity index (χ4n) is 9.25. The highest BCUT2D eigenvalue weighted by molar-refractivity contribution is 5.76. The summed E-state index contributed by atoms with van der Waals surface area (Å²) in [6.45, 7) is 3.71. The molecule has 0 spiro atoms. The zero-order valence-corrected chi connectivity index (χ0v) is 45.3. The van der Waals surface area contributed by atoms with E-state index in [0.29, 0.717) is 12.8 Å². The third-order valence-corrected chi connectivity index (χ3v) is 13.9. The van der Waals surface area contributed by atoms with Gasteiger partial charge in [0.25, 0.3) is 0 Å². The van der Waals surface area contributed by atoms with E-state index in [1.54, 1.807) is 0 Å². The molecule has 0 aromatic carbocycles. The van der Waals surface area contributed by atoms with Crippen molar-refractivity contribution in [2.24, 2.45) is 0 Å². The van der Waals surface area contributed by atoms with Crippen LogP contribution in [0.15, 0.2) is 60.8 Å². The lowest BCUT2D eigenvalue weighted by Crippen LogP contribution is -2.60. The molecule has 1 heterocycles. The fraction of sp³-hybridized carbons (Fsp3) is 0.820. The van der Waals surface area contributed by atoms with Gasteiger partial charge in [-0.1, -0.05) is 261 Å². The van der Waals surface area contributed by atoms with Crippen LogP contribution in [0.3, 0.4) is 0 Å². The molecule has 408 valence electrons. The van der Waals surface area contributed by atoms with Crippen molar-refractivity contribution in [3.63, 3.8) is 0 Å². The van der Waals surface area contributed by atoms with Crippen LogP contribution < -0.4 is 5.32 Å². The van der Waals surface area contributed by atoms with Crippen molar-refractivity contribution in [3.8, 4) is 0 Å². The molecule has 0 aromatic heterocycles. The predicted molar refractivity (Wildman–Crippen MR) is 295 cm³/mol. The van der Waals surface area contributed by atoms with Crippen LogP contribution in [0.25, 0.3) is 0 Å². The van der Waals surface area contributed by atoms with E-state index in [9.17, 15) is 30.3 Å². The normalized spacial score (nSPS) is 19.8. The van der Waals surface area contributed by atoms with Crippen LogP contribution in [0.5, 0.6) is 0 Å². The SMILES string of the molecule is CC/C=C\C/C=C\C/C=C\C/C=C\C/C=C\CCCCCCCCCCCCCCCCCCCCCCCC(=O)NC(COC1OC(CO)C(O)C(O)C1O)C(O)CCCCCCCCCCCC. The van der Waals surface area contributed by atoms with E-state index in [0.717, 1.165) is 70.6 Å². The lowest BCUT2D eigenvalue weighted by molar-refractivity contribution is -0.302. The number of rotatable bonds is 50. The number of hydrogen-bond donors (Lipinski definition) is 6. The van der Waals surface area contributed by atoms with Crippen molar-refractivity contribution in [2.45, 2.75) is 307 Å². The zero-order chi connectivity index (χ0) is 50.8. The van der Waals surface area contributed by atoms with Gasteiger partial charge in [0.05, 0.1) is 25.4 Å².